The first-order chi connectivity index (χ1) is 14.2. The monoisotopic (exact) mass is 427 g/mol. The van der Waals surface area contributed by atoms with Crippen LogP contribution in [0.15, 0.2) is 41.3 Å². The van der Waals surface area contributed by atoms with Crippen molar-refractivity contribution in [3.05, 3.63) is 36.4 Å². The van der Waals surface area contributed by atoms with Crippen molar-refractivity contribution in [3.63, 3.8) is 0 Å². The summed E-state index contributed by atoms with van der Waals surface area (Å²) in [6, 6.07) is 12.1. The molecule has 3 rings (SSSR count). The van der Waals surface area contributed by atoms with Gasteiger partial charge in [0.05, 0.1) is 32.4 Å². The molecule has 2 aromatic carbocycles. The van der Waals surface area contributed by atoms with Crippen LogP contribution >= 0.6 is 11.8 Å². The lowest BCUT2D eigenvalue weighted by Crippen LogP contribution is -2.24. The first kappa shape index (κ1) is 21.9. The lowest BCUT2D eigenvalue weighted by molar-refractivity contribution is 0.324. The zero-order valence-electron chi connectivity index (χ0n) is 18.6. The molecule has 3 aromatic rings. The Hall–Kier alpha value is -2.80. The second kappa shape index (κ2) is 8.52. The van der Waals surface area contributed by atoms with Gasteiger partial charge in [-0.1, -0.05) is 12.1 Å². The summed E-state index contributed by atoms with van der Waals surface area (Å²) in [5, 5.41) is 4.91. The number of thioether (sulfide) groups is 1. The maximum absolute atomic E-state index is 6.64. The Labute approximate surface area is 182 Å². The van der Waals surface area contributed by atoms with E-state index in [9.17, 15) is 0 Å². The number of hydrogen-bond donors (Lipinski definition) is 1. The van der Waals surface area contributed by atoms with E-state index in [2.05, 4.69) is 51.3 Å². The molecule has 0 unspecified atom stereocenters. The van der Waals surface area contributed by atoms with Gasteiger partial charge in [-0.3, -0.25) is 0 Å². The van der Waals surface area contributed by atoms with Crippen molar-refractivity contribution < 1.29 is 14.2 Å². The number of nitrogens with two attached hydrogens (primary N) is 1. The van der Waals surface area contributed by atoms with Crippen LogP contribution in [0, 0.1) is 0 Å². The fraction of sp³-hybridized carbons (Fsp3) is 0.348. The van der Waals surface area contributed by atoms with Gasteiger partial charge in [0.2, 0.25) is 5.75 Å². The molecule has 30 heavy (non-hydrogen) atoms. The van der Waals surface area contributed by atoms with Gasteiger partial charge < -0.3 is 19.9 Å². The average Bonchev–Trinajstić information content (AvgIpc) is 3.10. The minimum atomic E-state index is -0.281. The maximum atomic E-state index is 6.64. The molecular weight excluding hydrogens is 398 g/mol. The Balaban J connectivity index is 2.31. The molecule has 0 aliphatic heterocycles. The van der Waals surface area contributed by atoms with Gasteiger partial charge in [0, 0.05) is 10.5 Å². The lowest BCUT2D eigenvalue weighted by atomic mass is 10.00. The molecule has 0 aliphatic rings. The summed E-state index contributed by atoms with van der Waals surface area (Å²) in [5.41, 5.74) is 9.84. The van der Waals surface area contributed by atoms with E-state index in [0.29, 0.717) is 23.1 Å². The van der Waals surface area contributed by atoms with E-state index in [-0.39, 0.29) is 5.54 Å². The second-order valence-corrected chi connectivity index (χ2v) is 8.71. The molecule has 7 heteroatoms. The van der Waals surface area contributed by atoms with Crippen molar-refractivity contribution in [2.24, 2.45) is 0 Å². The third-order valence-electron chi connectivity index (χ3n) is 4.87. The largest absolute Gasteiger partial charge is 0.493 e. The molecule has 0 aliphatic carbocycles. The summed E-state index contributed by atoms with van der Waals surface area (Å²) < 4.78 is 18.4. The summed E-state index contributed by atoms with van der Waals surface area (Å²) in [6.07, 6.45) is 2.06. The number of rotatable bonds is 6. The number of methoxy groups -OCH3 is 3. The van der Waals surface area contributed by atoms with Crippen LogP contribution in [0.1, 0.15) is 20.8 Å². The molecule has 6 nitrogen and oxygen atoms in total. The topological polar surface area (TPSA) is 71.5 Å². The third kappa shape index (κ3) is 3.94. The van der Waals surface area contributed by atoms with Gasteiger partial charge in [-0.15, -0.1) is 11.8 Å². The van der Waals surface area contributed by atoms with Gasteiger partial charge in [-0.25, -0.2) is 4.68 Å². The summed E-state index contributed by atoms with van der Waals surface area (Å²) >= 11 is 1.70. The highest BCUT2D eigenvalue weighted by Crippen LogP contribution is 2.45. The van der Waals surface area contributed by atoms with Crippen molar-refractivity contribution in [3.8, 4) is 39.6 Å². The van der Waals surface area contributed by atoms with E-state index in [1.807, 2.05) is 16.8 Å². The Kier molecular flexibility index (Phi) is 6.22. The predicted octanol–water partition coefficient (Wildman–Crippen LogP) is 5.30. The van der Waals surface area contributed by atoms with Crippen molar-refractivity contribution in [1.82, 2.24) is 9.78 Å². The van der Waals surface area contributed by atoms with Crippen molar-refractivity contribution in [1.29, 1.82) is 0 Å². The second-order valence-electron chi connectivity index (χ2n) is 7.83. The number of benzene rings is 2. The first-order valence-corrected chi connectivity index (χ1v) is 10.8. The zero-order chi connectivity index (χ0) is 22.1. The van der Waals surface area contributed by atoms with Gasteiger partial charge in [0.1, 0.15) is 11.5 Å². The van der Waals surface area contributed by atoms with Crippen LogP contribution in [0.25, 0.3) is 22.4 Å². The predicted molar refractivity (Wildman–Crippen MR) is 124 cm³/mol. The van der Waals surface area contributed by atoms with Crippen LogP contribution in [-0.2, 0) is 5.54 Å². The third-order valence-corrected chi connectivity index (χ3v) is 5.62. The molecule has 160 valence electrons. The minimum absolute atomic E-state index is 0.281. The highest BCUT2D eigenvalue weighted by Gasteiger charge is 2.26. The molecule has 0 saturated carbocycles. The molecule has 0 spiro atoms. The van der Waals surface area contributed by atoms with Crippen molar-refractivity contribution >= 4 is 17.6 Å². The van der Waals surface area contributed by atoms with Gasteiger partial charge in [0.25, 0.3) is 0 Å². The SMILES string of the molecule is COc1cc(-c2nn(C(C)(C)C)c(N)c2-c2ccc(SC)cc2)cc(OC)c1OC. The maximum Gasteiger partial charge on any atom is 0.203 e. The van der Waals surface area contributed by atoms with Crippen LogP contribution in [0.2, 0.25) is 0 Å². The fourth-order valence-electron chi connectivity index (χ4n) is 3.40. The number of aromatic nitrogens is 2. The van der Waals surface area contributed by atoms with Gasteiger partial charge in [-0.05, 0) is 56.9 Å². The van der Waals surface area contributed by atoms with Gasteiger partial charge in [0.15, 0.2) is 11.5 Å². The van der Waals surface area contributed by atoms with E-state index in [1.54, 1.807) is 33.1 Å². The van der Waals surface area contributed by atoms with E-state index < -0.39 is 0 Å². The van der Waals surface area contributed by atoms with Crippen LogP contribution < -0.4 is 19.9 Å². The summed E-state index contributed by atoms with van der Waals surface area (Å²) in [4.78, 5) is 1.19. The molecule has 0 radical (unpaired) electrons. The Bertz CT molecular complexity index is 1010. The number of nitrogen functional groups attached to an aromatic ring is 1. The van der Waals surface area contributed by atoms with Crippen LogP contribution in [0.4, 0.5) is 5.82 Å². The number of nitrogens with zero attached hydrogens (tertiary/aromatic N) is 2. The molecular formula is C23H29N3O3S. The fourth-order valence-corrected chi connectivity index (χ4v) is 3.81. The highest BCUT2D eigenvalue weighted by molar-refractivity contribution is 7.98. The average molecular weight is 428 g/mol. The summed E-state index contributed by atoms with van der Waals surface area (Å²) in [5.74, 6) is 2.29. The van der Waals surface area contributed by atoms with Crippen LogP contribution in [0.5, 0.6) is 17.2 Å². The molecule has 0 atom stereocenters. The van der Waals surface area contributed by atoms with E-state index in [0.717, 1.165) is 22.4 Å². The normalized spacial score (nSPS) is 11.4. The Morgan fingerprint density at radius 2 is 1.47 bits per heavy atom. The number of hydrogen-bond acceptors (Lipinski definition) is 6. The highest BCUT2D eigenvalue weighted by atomic mass is 32.2. The molecule has 2 N–H and O–H groups in total. The molecule has 0 saturated heterocycles. The van der Waals surface area contributed by atoms with E-state index in [4.69, 9.17) is 25.0 Å². The van der Waals surface area contributed by atoms with Crippen molar-refractivity contribution in [2.45, 2.75) is 31.2 Å². The lowest BCUT2D eigenvalue weighted by Gasteiger charge is -2.21. The first-order valence-electron chi connectivity index (χ1n) is 9.59. The van der Waals surface area contributed by atoms with Crippen LogP contribution in [0.3, 0.4) is 0 Å². The molecule has 1 aromatic heterocycles. The van der Waals surface area contributed by atoms with Gasteiger partial charge >= 0.3 is 0 Å². The smallest absolute Gasteiger partial charge is 0.203 e. The molecule has 0 amide bonds. The Morgan fingerprint density at radius 3 is 1.90 bits per heavy atom. The van der Waals surface area contributed by atoms with E-state index in [1.165, 1.54) is 4.90 Å². The standard InChI is InChI=1S/C23H29N3O3S/c1-23(2,3)26-22(24)19(14-8-10-16(30-7)11-9-14)20(25-26)15-12-17(27-4)21(29-6)18(13-15)28-5/h8-13H,24H2,1-7H3. The molecule has 1 heterocycles. The Morgan fingerprint density at radius 1 is 0.900 bits per heavy atom. The van der Waals surface area contributed by atoms with E-state index >= 15 is 0 Å². The molecule has 0 bridgehead atoms. The quantitative estimate of drug-likeness (QED) is 0.538. The van der Waals surface area contributed by atoms with Crippen molar-refractivity contribution in [2.75, 3.05) is 33.3 Å². The zero-order valence-corrected chi connectivity index (χ0v) is 19.4. The number of ether oxygens (including phenoxy) is 3. The summed E-state index contributed by atoms with van der Waals surface area (Å²) in [7, 11) is 4.79. The molecule has 0 fully saturated rings. The summed E-state index contributed by atoms with van der Waals surface area (Å²) in [6.45, 7) is 6.24. The number of anilines is 1. The minimum Gasteiger partial charge on any atom is -0.493 e. The van der Waals surface area contributed by atoms with Crippen LogP contribution in [-0.4, -0.2) is 37.4 Å². The van der Waals surface area contributed by atoms with Gasteiger partial charge in [-0.2, -0.15) is 5.10 Å².